The van der Waals surface area contributed by atoms with Gasteiger partial charge in [0.1, 0.15) is 18.3 Å². The van der Waals surface area contributed by atoms with Gasteiger partial charge in [-0.25, -0.2) is 14.0 Å². The summed E-state index contributed by atoms with van der Waals surface area (Å²) in [6.45, 7) is 0.132. The molecule has 5 nitrogen and oxygen atoms in total. The molecule has 2 N–H and O–H groups in total. The molecule has 0 aliphatic heterocycles. The Balaban J connectivity index is 1.27. The zero-order valence-corrected chi connectivity index (χ0v) is 15.9. The third kappa shape index (κ3) is 2.81. The number of halogens is 1. The fourth-order valence-electron chi connectivity index (χ4n) is 5.52. The van der Waals surface area contributed by atoms with Crippen molar-refractivity contribution in [2.24, 2.45) is 5.41 Å². The van der Waals surface area contributed by atoms with Crippen molar-refractivity contribution < 1.29 is 23.8 Å². The van der Waals surface area contributed by atoms with Gasteiger partial charge in [0.15, 0.2) is 0 Å². The van der Waals surface area contributed by atoms with Crippen LogP contribution in [0, 0.1) is 5.41 Å². The number of carbonyl (C=O) groups is 2. The van der Waals surface area contributed by atoms with Gasteiger partial charge in [-0.3, -0.25) is 0 Å². The largest absolute Gasteiger partial charge is 0.480 e. The van der Waals surface area contributed by atoms with Gasteiger partial charge in [0.05, 0.1) is 0 Å². The number of alkyl halides is 1. The number of benzene rings is 2. The molecule has 1 spiro atoms. The van der Waals surface area contributed by atoms with Gasteiger partial charge < -0.3 is 15.2 Å². The maximum absolute atomic E-state index is 13.2. The molecule has 3 aliphatic carbocycles. The Kier molecular flexibility index (Phi) is 3.95. The fraction of sp³-hybridized carbons (Fsp3) is 0.391. The van der Waals surface area contributed by atoms with Crippen LogP contribution in [0.15, 0.2) is 48.5 Å². The van der Waals surface area contributed by atoms with E-state index < -0.39 is 23.8 Å². The summed E-state index contributed by atoms with van der Waals surface area (Å²) in [5, 5.41) is 12.2. The third-order valence-corrected chi connectivity index (χ3v) is 6.76. The first kappa shape index (κ1) is 18.2. The molecule has 1 amide bonds. The molecule has 2 fully saturated rings. The average Bonchev–Trinajstić information content (AvgIpc) is 2.97. The third-order valence-electron chi connectivity index (χ3n) is 6.76. The van der Waals surface area contributed by atoms with E-state index >= 15 is 0 Å². The van der Waals surface area contributed by atoms with Crippen molar-refractivity contribution in [1.29, 1.82) is 0 Å². The number of carbonyl (C=O) groups excluding carboxylic acids is 1. The smallest absolute Gasteiger partial charge is 0.408 e. The minimum Gasteiger partial charge on any atom is -0.480 e. The lowest BCUT2D eigenvalue weighted by molar-refractivity contribution is -0.167. The van der Waals surface area contributed by atoms with Crippen molar-refractivity contribution in [1.82, 2.24) is 5.32 Å². The highest BCUT2D eigenvalue weighted by Crippen LogP contribution is 2.61. The van der Waals surface area contributed by atoms with Gasteiger partial charge in [0.25, 0.3) is 0 Å². The molecule has 2 aromatic rings. The van der Waals surface area contributed by atoms with Crippen LogP contribution in [0.5, 0.6) is 0 Å². The molecular formula is C23H22FNO4. The van der Waals surface area contributed by atoms with E-state index in [4.69, 9.17) is 4.74 Å². The highest BCUT2D eigenvalue weighted by atomic mass is 19.1. The Labute approximate surface area is 167 Å². The van der Waals surface area contributed by atoms with E-state index in [-0.39, 0.29) is 30.8 Å². The number of amides is 1. The molecule has 6 heteroatoms. The van der Waals surface area contributed by atoms with Crippen LogP contribution in [0.3, 0.4) is 0 Å². The highest BCUT2D eigenvalue weighted by molar-refractivity contribution is 5.86. The monoisotopic (exact) mass is 395 g/mol. The molecule has 29 heavy (non-hydrogen) atoms. The second-order valence-corrected chi connectivity index (χ2v) is 8.70. The minimum atomic E-state index is -1.34. The van der Waals surface area contributed by atoms with Crippen LogP contribution in [0.2, 0.25) is 0 Å². The van der Waals surface area contributed by atoms with Crippen molar-refractivity contribution >= 4 is 12.1 Å². The number of hydrogen-bond acceptors (Lipinski definition) is 3. The molecule has 0 saturated heterocycles. The molecular weight excluding hydrogens is 373 g/mol. The summed E-state index contributed by atoms with van der Waals surface area (Å²) < 4.78 is 18.7. The van der Waals surface area contributed by atoms with E-state index in [9.17, 15) is 19.1 Å². The molecule has 2 saturated carbocycles. The number of aliphatic carboxylic acids is 1. The Morgan fingerprint density at radius 1 is 1.03 bits per heavy atom. The summed E-state index contributed by atoms with van der Waals surface area (Å²) in [7, 11) is 0. The lowest BCUT2D eigenvalue weighted by Crippen LogP contribution is -2.69. The lowest BCUT2D eigenvalue weighted by Gasteiger charge is -2.59. The zero-order chi connectivity index (χ0) is 20.2. The first-order valence-corrected chi connectivity index (χ1v) is 9.92. The van der Waals surface area contributed by atoms with Gasteiger partial charge >= 0.3 is 12.1 Å². The first-order valence-electron chi connectivity index (χ1n) is 9.92. The van der Waals surface area contributed by atoms with Gasteiger partial charge in [-0.2, -0.15) is 0 Å². The maximum atomic E-state index is 13.2. The van der Waals surface area contributed by atoms with Crippen LogP contribution in [0.4, 0.5) is 9.18 Å². The second kappa shape index (κ2) is 6.31. The molecule has 2 aromatic carbocycles. The summed E-state index contributed by atoms with van der Waals surface area (Å²) >= 11 is 0. The number of ether oxygens (including phenoxy) is 1. The lowest BCUT2D eigenvalue weighted by atomic mass is 9.48. The summed E-state index contributed by atoms with van der Waals surface area (Å²) in [5.74, 6) is -1.17. The Morgan fingerprint density at radius 2 is 1.59 bits per heavy atom. The average molecular weight is 395 g/mol. The van der Waals surface area contributed by atoms with Gasteiger partial charge in [-0.15, -0.1) is 0 Å². The number of carboxylic acids is 1. The molecule has 0 radical (unpaired) electrons. The molecule has 150 valence electrons. The van der Waals surface area contributed by atoms with Crippen LogP contribution in [-0.4, -0.2) is 35.5 Å². The SMILES string of the molecule is O=C(NC1(C(=O)O)CC2(CC(F)C2)C1)OCC1c2ccccc2-c2ccccc21. The van der Waals surface area contributed by atoms with Gasteiger partial charge in [-0.05, 0) is 53.4 Å². The van der Waals surface area contributed by atoms with Crippen molar-refractivity contribution in [2.75, 3.05) is 6.61 Å². The minimum absolute atomic E-state index is 0.0828. The summed E-state index contributed by atoms with van der Waals surface area (Å²) in [4.78, 5) is 24.2. The van der Waals surface area contributed by atoms with Gasteiger partial charge in [0.2, 0.25) is 0 Å². The Bertz CT molecular complexity index is 944. The predicted octanol–water partition coefficient (Wildman–Crippen LogP) is 4.26. The fourth-order valence-corrected chi connectivity index (χ4v) is 5.52. The van der Waals surface area contributed by atoms with E-state index in [0.717, 1.165) is 22.3 Å². The van der Waals surface area contributed by atoms with Crippen molar-refractivity contribution in [3.8, 4) is 11.1 Å². The van der Waals surface area contributed by atoms with Crippen LogP contribution < -0.4 is 5.32 Å². The van der Waals surface area contributed by atoms with E-state index in [1.807, 2.05) is 36.4 Å². The summed E-state index contributed by atoms with van der Waals surface area (Å²) in [6.07, 6.45) is -0.292. The molecule has 3 aliphatic rings. The normalized spacial score (nSPS) is 29.3. The van der Waals surface area contributed by atoms with Crippen molar-refractivity contribution in [3.05, 3.63) is 59.7 Å². The number of hydrogen-bond donors (Lipinski definition) is 2. The van der Waals surface area contributed by atoms with Crippen molar-refractivity contribution in [2.45, 2.75) is 43.3 Å². The Hall–Kier alpha value is -2.89. The molecule has 0 bridgehead atoms. The van der Waals surface area contributed by atoms with Gasteiger partial charge in [-0.1, -0.05) is 48.5 Å². The quantitative estimate of drug-likeness (QED) is 0.811. The van der Waals surface area contributed by atoms with E-state index in [2.05, 4.69) is 17.4 Å². The number of alkyl carbamates (subject to hydrolysis) is 1. The molecule has 0 atom stereocenters. The van der Waals surface area contributed by atoms with Crippen LogP contribution >= 0.6 is 0 Å². The number of rotatable bonds is 4. The number of nitrogens with one attached hydrogen (secondary N) is 1. The van der Waals surface area contributed by atoms with Crippen LogP contribution in [-0.2, 0) is 9.53 Å². The van der Waals surface area contributed by atoms with E-state index in [0.29, 0.717) is 12.8 Å². The molecule has 0 unspecified atom stereocenters. The van der Waals surface area contributed by atoms with Crippen LogP contribution in [0.25, 0.3) is 11.1 Å². The molecule has 5 rings (SSSR count). The summed E-state index contributed by atoms with van der Waals surface area (Å²) in [6, 6.07) is 16.0. The highest BCUT2D eigenvalue weighted by Gasteiger charge is 2.64. The molecule has 0 aromatic heterocycles. The topological polar surface area (TPSA) is 75.6 Å². The van der Waals surface area contributed by atoms with Gasteiger partial charge in [0, 0.05) is 5.92 Å². The first-order chi connectivity index (χ1) is 13.9. The van der Waals surface area contributed by atoms with Crippen molar-refractivity contribution in [3.63, 3.8) is 0 Å². The number of fused-ring (bicyclic) bond motifs is 3. The maximum Gasteiger partial charge on any atom is 0.408 e. The second-order valence-electron chi connectivity index (χ2n) is 8.70. The predicted molar refractivity (Wildman–Crippen MR) is 104 cm³/mol. The molecule has 0 heterocycles. The van der Waals surface area contributed by atoms with E-state index in [1.165, 1.54) is 0 Å². The van der Waals surface area contributed by atoms with Crippen LogP contribution in [0.1, 0.15) is 42.7 Å². The number of carboxylic acid groups (broad SMARTS) is 1. The summed E-state index contributed by atoms with van der Waals surface area (Å²) in [5.41, 5.74) is 2.84. The zero-order valence-electron chi connectivity index (χ0n) is 15.9. The standard InChI is InChI=1S/C23H22FNO4/c24-14-9-22(10-14)12-23(13-22,20(26)27)25-21(28)29-11-19-17-7-3-1-5-15(17)16-6-2-4-8-18(16)19/h1-8,14,19H,9-13H2,(H,25,28)(H,26,27). The van der Waals surface area contributed by atoms with E-state index in [1.54, 1.807) is 0 Å². The Morgan fingerprint density at radius 3 is 2.10 bits per heavy atom.